The SMILES string of the molecule is c1ccc(-c2ccc(N(c3ccc4c(c3)C3(c5cc(-c6ccccc6)ccc5Oc5ccc(-c6ccccc6)cc53)c3ccccc3-4)c3ccccc3-c3ccccc3)cc2)cc1. The number of rotatable bonds is 7. The maximum atomic E-state index is 6.99. The molecule has 2 nitrogen and oxygen atoms in total. The minimum atomic E-state index is -0.706. The van der Waals surface area contributed by atoms with Gasteiger partial charge < -0.3 is 9.64 Å². The molecule has 0 radical (unpaired) electrons. The van der Waals surface area contributed by atoms with Crippen LogP contribution < -0.4 is 9.64 Å². The molecule has 1 aliphatic carbocycles. The third-order valence-electron chi connectivity index (χ3n) is 13.0. The highest BCUT2D eigenvalue weighted by Gasteiger charge is 2.51. The minimum absolute atomic E-state index is 0.706. The van der Waals surface area contributed by atoms with Crippen LogP contribution in [0, 0.1) is 0 Å². The van der Waals surface area contributed by atoms with Crippen LogP contribution in [0.4, 0.5) is 17.1 Å². The van der Waals surface area contributed by atoms with Crippen molar-refractivity contribution in [3.05, 3.63) is 271 Å². The van der Waals surface area contributed by atoms with E-state index in [4.69, 9.17) is 4.74 Å². The molecule has 10 aromatic carbocycles. The van der Waals surface area contributed by atoms with E-state index in [1.807, 2.05) is 0 Å². The quantitative estimate of drug-likeness (QED) is 0.159. The number of hydrogen-bond acceptors (Lipinski definition) is 2. The van der Waals surface area contributed by atoms with Crippen molar-refractivity contribution < 1.29 is 4.74 Å². The molecule has 12 rings (SSSR count). The van der Waals surface area contributed by atoms with Crippen molar-refractivity contribution in [2.24, 2.45) is 0 Å². The Kier molecular flexibility index (Phi) is 8.76. The molecule has 0 amide bonds. The smallest absolute Gasteiger partial charge is 0.132 e. The summed E-state index contributed by atoms with van der Waals surface area (Å²) in [4.78, 5) is 2.44. The predicted molar refractivity (Wildman–Crippen MR) is 260 cm³/mol. The summed E-state index contributed by atoms with van der Waals surface area (Å²) in [5.41, 5.74) is 19.1. The van der Waals surface area contributed by atoms with E-state index in [1.54, 1.807) is 0 Å². The molecule has 2 aliphatic rings. The van der Waals surface area contributed by atoms with E-state index in [9.17, 15) is 0 Å². The second-order valence-corrected chi connectivity index (χ2v) is 16.4. The molecule has 1 heterocycles. The lowest BCUT2D eigenvalue weighted by Crippen LogP contribution is -2.32. The fourth-order valence-corrected chi connectivity index (χ4v) is 10.1. The topological polar surface area (TPSA) is 12.5 Å². The van der Waals surface area contributed by atoms with Crippen molar-refractivity contribution in [3.8, 4) is 67.1 Å². The summed E-state index contributed by atoms with van der Waals surface area (Å²) >= 11 is 0. The van der Waals surface area contributed by atoms with E-state index < -0.39 is 5.41 Å². The maximum Gasteiger partial charge on any atom is 0.132 e. The van der Waals surface area contributed by atoms with Crippen molar-refractivity contribution in [2.45, 2.75) is 5.41 Å². The number of nitrogens with zero attached hydrogens (tertiary/aromatic N) is 1. The van der Waals surface area contributed by atoms with Gasteiger partial charge in [0.15, 0.2) is 0 Å². The van der Waals surface area contributed by atoms with E-state index in [0.717, 1.165) is 56.4 Å². The molecule has 1 aliphatic heterocycles. The lowest BCUT2D eigenvalue weighted by Gasteiger charge is -2.40. The first kappa shape index (κ1) is 36.6. The van der Waals surface area contributed by atoms with E-state index in [2.05, 4.69) is 254 Å². The third kappa shape index (κ3) is 6.02. The van der Waals surface area contributed by atoms with Crippen LogP contribution in [-0.2, 0) is 5.41 Å². The minimum Gasteiger partial charge on any atom is -0.457 e. The summed E-state index contributed by atoms with van der Waals surface area (Å²) in [6, 6.07) is 90.2. The zero-order valence-corrected chi connectivity index (χ0v) is 34.5. The van der Waals surface area contributed by atoms with Gasteiger partial charge in [-0.25, -0.2) is 0 Å². The Labute approximate surface area is 368 Å². The van der Waals surface area contributed by atoms with Crippen LogP contribution in [0.5, 0.6) is 11.5 Å². The Balaban J connectivity index is 1.14. The first-order valence-electron chi connectivity index (χ1n) is 21.7. The molecule has 1 spiro atoms. The summed E-state index contributed by atoms with van der Waals surface area (Å²) in [7, 11) is 0. The highest BCUT2D eigenvalue weighted by atomic mass is 16.5. The van der Waals surface area contributed by atoms with Crippen molar-refractivity contribution in [1.82, 2.24) is 0 Å². The van der Waals surface area contributed by atoms with Gasteiger partial charge in [-0.2, -0.15) is 0 Å². The van der Waals surface area contributed by atoms with Gasteiger partial charge in [-0.15, -0.1) is 0 Å². The summed E-state index contributed by atoms with van der Waals surface area (Å²) in [6.07, 6.45) is 0. The maximum absolute atomic E-state index is 6.99. The summed E-state index contributed by atoms with van der Waals surface area (Å²) < 4.78 is 6.99. The van der Waals surface area contributed by atoms with Gasteiger partial charge in [-0.3, -0.25) is 0 Å². The van der Waals surface area contributed by atoms with Gasteiger partial charge in [0.1, 0.15) is 11.5 Å². The first-order valence-corrected chi connectivity index (χ1v) is 21.7. The van der Waals surface area contributed by atoms with Gasteiger partial charge in [-0.1, -0.05) is 194 Å². The largest absolute Gasteiger partial charge is 0.457 e. The Bertz CT molecular complexity index is 3200. The molecular weight excluding hydrogens is 763 g/mol. The van der Waals surface area contributed by atoms with E-state index in [1.165, 1.54) is 50.1 Å². The van der Waals surface area contributed by atoms with Gasteiger partial charge in [0.05, 0.1) is 11.1 Å². The lowest BCUT2D eigenvalue weighted by atomic mass is 9.65. The Morgan fingerprint density at radius 3 is 1.29 bits per heavy atom. The zero-order chi connectivity index (χ0) is 41.7. The van der Waals surface area contributed by atoms with E-state index >= 15 is 0 Å². The standard InChI is InChI=1S/C61H41NO/c1-5-17-42(18-6-1)45-29-33-49(34-30-45)62(58-28-16-14-25-51(58)46-23-11-4-12-24-46)50-35-36-53-52-26-13-15-27-54(52)61(55(53)41-50)56-39-47(43-19-7-2-8-20-43)31-37-59(56)63-60-38-32-48(40-57(60)61)44-21-9-3-10-22-44/h1-41H. The molecule has 0 bridgehead atoms. The second-order valence-electron chi connectivity index (χ2n) is 16.4. The monoisotopic (exact) mass is 803 g/mol. The average molecular weight is 804 g/mol. The number of fused-ring (bicyclic) bond motifs is 9. The highest BCUT2D eigenvalue weighted by Crippen LogP contribution is 2.63. The van der Waals surface area contributed by atoms with Gasteiger partial charge in [0.25, 0.3) is 0 Å². The molecule has 0 fully saturated rings. The summed E-state index contributed by atoms with van der Waals surface area (Å²) in [5.74, 6) is 1.73. The molecular formula is C61H41NO. The van der Waals surface area contributed by atoms with Gasteiger partial charge in [0.2, 0.25) is 0 Å². The van der Waals surface area contributed by atoms with Crippen molar-refractivity contribution in [3.63, 3.8) is 0 Å². The Hall–Kier alpha value is -8.20. The first-order chi connectivity index (χ1) is 31.2. The van der Waals surface area contributed by atoms with Crippen LogP contribution in [0.15, 0.2) is 249 Å². The number of benzene rings is 10. The lowest BCUT2D eigenvalue weighted by molar-refractivity contribution is 0.436. The summed E-state index contributed by atoms with van der Waals surface area (Å²) in [6.45, 7) is 0. The molecule has 0 atom stereocenters. The molecule has 0 saturated heterocycles. The Morgan fingerprint density at radius 2 is 0.698 bits per heavy atom. The molecule has 2 heteroatoms. The van der Waals surface area contributed by atoms with Crippen LogP contribution in [0.25, 0.3) is 55.6 Å². The van der Waals surface area contributed by atoms with E-state index in [0.29, 0.717) is 0 Å². The Morgan fingerprint density at radius 1 is 0.270 bits per heavy atom. The predicted octanol–water partition coefficient (Wildman–Crippen LogP) is 16.3. The molecule has 296 valence electrons. The second kappa shape index (κ2) is 15.1. The molecule has 0 unspecified atom stereocenters. The fourth-order valence-electron chi connectivity index (χ4n) is 10.1. The normalized spacial score (nSPS) is 12.7. The molecule has 0 aromatic heterocycles. The van der Waals surface area contributed by atoms with Crippen molar-refractivity contribution in [2.75, 3.05) is 4.90 Å². The number of ether oxygens (including phenoxy) is 1. The van der Waals surface area contributed by atoms with Crippen LogP contribution >= 0.6 is 0 Å². The highest BCUT2D eigenvalue weighted by molar-refractivity contribution is 5.94. The number of anilines is 3. The van der Waals surface area contributed by atoms with Crippen LogP contribution in [0.3, 0.4) is 0 Å². The number of hydrogen-bond donors (Lipinski definition) is 0. The van der Waals surface area contributed by atoms with Crippen molar-refractivity contribution in [1.29, 1.82) is 0 Å². The third-order valence-corrected chi connectivity index (χ3v) is 13.0. The zero-order valence-electron chi connectivity index (χ0n) is 34.5. The molecule has 10 aromatic rings. The van der Waals surface area contributed by atoms with Crippen LogP contribution in [-0.4, -0.2) is 0 Å². The van der Waals surface area contributed by atoms with Crippen LogP contribution in [0.2, 0.25) is 0 Å². The summed E-state index contributed by atoms with van der Waals surface area (Å²) in [5, 5.41) is 0. The molecule has 0 N–H and O–H groups in total. The van der Waals surface area contributed by atoms with Crippen molar-refractivity contribution >= 4 is 17.1 Å². The van der Waals surface area contributed by atoms with Crippen LogP contribution in [0.1, 0.15) is 22.3 Å². The van der Waals surface area contributed by atoms with Gasteiger partial charge >= 0.3 is 0 Å². The number of para-hydroxylation sites is 1. The van der Waals surface area contributed by atoms with Gasteiger partial charge in [-0.05, 0) is 116 Å². The van der Waals surface area contributed by atoms with E-state index in [-0.39, 0.29) is 0 Å². The fraction of sp³-hybridized carbons (Fsp3) is 0.0164. The van der Waals surface area contributed by atoms with Gasteiger partial charge in [0, 0.05) is 28.1 Å². The molecule has 0 saturated carbocycles. The molecule has 63 heavy (non-hydrogen) atoms. The average Bonchev–Trinajstić information content (AvgIpc) is 3.65.